The molecular formula is C23H29N5O5. The summed E-state index contributed by atoms with van der Waals surface area (Å²) in [7, 11) is 0. The molecule has 33 heavy (non-hydrogen) atoms. The van der Waals surface area contributed by atoms with E-state index in [0.29, 0.717) is 31.3 Å². The van der Waals surface area contributed by atoms with E-state index in [-0.39, 0.29) is 36.3 Å². The molecule has 2 atom stereocenters. The van der Waals surface area contributed by atoms with Crippen molar-refractivity contribution >= 4 is 17.7 Å². The first kappa shape index (κ1) is 22.8. The molecule has 10 heteroatoms. The molecule has 2 fully saturated rings. The van der Waals surface area contributed by atoms with Gasteiger partial charge in [0.15, 0.2) is 0 Å². The van der Waals surface area contributed by atoms with E-state index in [0.717, 1.165) is 24.8 Å². The number of non-ortho nitro benzene ring substituents is 1. The average molecular weight is 456 g/mol. The minimum absolute atomic E-state index is 0.0192. The molecule has 2 unspecified atom stereocenters. The minimum atomic E-state index is -0.443. The number of carbonyl (C=O) groups is 2. The Kier molecular flexibility index (Phi) is 6.62. The van der Waals surface area contributed by atoms with Gasteiger partial charge in [0, 0.05) is 43.0 Å². The lowest BCUT2D eigenvalue weighted by Gasteiger charge is -2.39. The lowest BCUT2D eigenvalue weighted by molar-refractivity contribution is -0.384. The number of carbonyl (C=O) groups excluding carboxylic acids is 2. The van der Waals surface area contributed by atoms with Crippen LogP contribution in [0.5, 0.6) is 0 Å². The van der Waals surface area contributed by atoms with Crippen LogP contribution in [0.4, 0.5) is 10.5 Å². The van der Waals surface area contributed by atoms with Gasteiger partial charge < -0.3 is 9.64 Å². The summed E-state index contributed by atoms with van der Waals surface area (Å²) >= 11 is 0. The van der Waals surface area contributed by atoms with Gasteiger partial charge in [0.25, 0.3) is 5.69 Å². The Hall–Kier alpha value is -3.43. The normalized spacial score (nSPS) is 20.1. The van der Waals surface area contributed by atoms with Crippen LogP contribution in [0.1, 0.15) is 33.1 Å². The number of nitrogens with zero attached hydrogens (tertiary/aromatic N) is 5. The molecule has 3 heterocycles. The molecule has 0 saturated carbocycles. The van der Waals surface area contributed by atoms with Crippen LogP contribution in [0.15, 0.2) is 36.5 Å². The number of piperidine rings is 1. The first-order valence-corrected chi connectivity index (χ1v) is 11.4. The van der Waals surface area contributed by atoms with Gasteiger partial charge in [-0.05, 0) is 37.0 Å². The first-order valence-electron chi connectivity index (χ1n) is 11.4. The monoisotopic (exact) mass is 455 g/mol. The Morgan fingerprint density at radius 3 is 2.58 bits per heavy atom. The van der Waals surface area contributed by atoms with Gasteiger partial charge in [0.1, 0.15) is 13.2 Å². The highest BCUT2D eigenvalue weighted by atomic mass is 16.6. The predicted octanol–water partition coefficient (Wildman–Crippen LogP) is 3.32. The molecule has 2 amide bonds. The van der Waals surface area contributed by atoms with Crippen LogP contribution in [0.25, 0.3) is 11.3 Å². The van der Waals surface area contributed by atoms with Crippen molar-refractivity contribution < 1.29 is 19.2 Å². The molecule has 1 aromatic carbocycles. The van der Waals surface area contributed by atoms with E-state index in [9.17, 15) is 19.7 Å². The second-order valence-corrected chi connectivity index (χ2v) is 8.75. The number of cyclic esters (lactones) is 1. The van der Waals surface area contributed by atoms with E-state index in [2.05, 4.69) is 18.9 Å². The number of rotatable bonds is 7. The van der Waals surface area contributed by atoms with E-state index >= 15 is 0 Å². The summed E-state index contributed by atoms with van der Waals surface area (Å²) in [6, 6.07) is 8.16. The predicted molar refractivity (Wildman–Crippen MR) is 120 cm³/mol. The molecule has 0 spiro atoms. The van der Waals surface area contributed by atoms with Crippen molar-refractivity contribution in [2.75, 3.05) is 19.7 Å². The minimum Gasteiger partial charge on any atom is -0.447 e. The third-order valence-electron chi connectivity index (χ3n) is 6.77. The molecule has 2 aliphatic rings. The number of benzene rings is 1. The summed E-state index contributed by atoms with van der Waals surface area (Å²) in [5.74, 6) is 0.357. The maximum Gasteiger partial charge on any atom is 0.410 e. The highest BCUT2D eigenvalue weighted by Gasteiger charge is 2.41. The van der Waals surface area contributed by atoms with Crippen molar-refractivity contribution in [2.45, 2.75) is 51.7 Å². The zero-order valence-electron chi connectivity index (χ0n) is 18.9. The maximum atomic E-state index is 12.8. The van der Waals surface area contributed by atoms with Gasteiger partial charge in [-0.25, -0.2) is 4.79 Å². The number of aromatic nitrogens is 2. The number of nitro benzene ring substituents is 1. The van der Waals surface area contributed by atoms with Gasteiger partial charge in [-0.15, -0.1) is 0 Å². The van der Waals surface area contributed by atoms with Crippen molar-refractivity contribution in [2.24, 2.45) is 5.92 Å². The van der Waals surface area contributed by atoms with E-state index in [1.54, 1.807) is 29.1 Å². The van der Waals surface area contributed by atoms with Crippen LogP contribution in [0.2, 0.25) is 0 Å². The number of hydrogen-bond acceptors (Lipinski definition) is 6. The molecule has 10 nitrogen and oxygen atoms in total. The van der Waals surface area contributed by atoms with Crippen molar-refractivity contribution in [3.63, 3.8) is 0 Å². The molecule has 176 valence electrons. The Bertz CT molecular complexity index is 1010. The third-order valence-corrected chi connectivity index (χ3v) is 6.77. The van der Waals surface area contributed by atoms with Crippen LogP contribution in [-0.4, -0.2) is 68.3 Å². The zero-order chi connectivity index (χ0) is 23.5. The summed E-state index contributed by atoms with van der Waals surface area (Å²) in [5.41, 5.74) is 1.43. The molecular weight excluding hydrogens is 426 g/mol. The van der Waals surface area contributed by atoms with E-state index in [1.807, 2.05) is 9.80 Å². The molecule has 2 saturated heterocycles. The molecule has 4 rings (SSSR count). The topological polar surface area (TPSA) is 111 Å². The van der Waals surface area contributed by atoms with E-state index < -0.39 is 4.92 Å². The molecule has 2 aliphatic heterocycles. The Balaban J connectivity index is 1.32. The molecule has 1 aromatic heterocycles. The fourth-order valence-corrected chi connectivity index (χ4v) is 4.57. The van der Waals surface area contributed by atoms with Gasteiger partial charge in [0.05, 0.1) is 16.7 Å². The summed E-state index contributed by atoms with van der Waals surface area (Å²) in [5, 5.41) is 15.3. The first-order chi connectivity index (χ1) is 15.9. The highest BCUT2D eigenvalue weighted by molar-refractivity contribution is 5.76. The van der Waals surface area contributed by atoms with E-state index in [1.165, 1.54) is 12.1 Å². The lowest BCUT2D eigenvalue weighted by Crippen LogP contribution is -2.51. The van der Waals surface area contributed by atoms with Crippen LogP contribution in [-0.2, 0) is 16.1 Å². The van der Waals surface area contributed by atoms with Crippen LogP contribution in [0, 0.1) is 16.0 Å². The van der Waals surface area contributed by atoms with Crippen LogP contribution in [0.3, 0.4) is 0 Å². The molecule has 2 aromatic rings. The molecule has 0 bridgehead atoms. The third kappa shape index (κ3) is 4.84. The van der Waals surface area contributed by atoms with Crippen LogP contribution >= 0.6 is 0 Å². The van der Waals surface area contributed by atoms with Crippen LogP contribution < -0.4 is 0 Å². The van der Waals surface area contributed by atoms with Gasteiger partial charge in [-0.1, -0.05) is 20.3 Å². The fourth-order valence-electron chi connectivity index (χ4n) is 4.57. The van der Waals surface area contributed by atoms with Crippen molar-refractivity contribution in [3.8, 4) is 11.3 Å². The summed E-state index contributed by atoms with van der Waals surface area (Å²) in [6.45, 7) is 6.03. The second kappa shape index (κ2) is 9.60. The van der Waals surface area contributed by atoms with Crippen molar-refractivity contribution in [1.82, 2.24) is 19.6 Å². The maximum absolute atomic E-state index is 12.8. The summed E-state index contributed by atoms with van der Waals surface area (Å²) < 4.78 is 6.91. The highest BCUT2D eigenvalue weighted by Crippen LogP contribution is 2.29. The van der Waals surface area contributed by atoms with E-state index in [4.69, 9.17) is 4.74 Å². The molecule has 0 aliphatic carbocycles. The number of likely N-dealkylation sites (tertiary alicyclic amines) is 1. The number of nitro groups is 1. The average Bonchev–Trinajstić information content (AvgIpc) is 3.45. The molecule has 0 N–H and O–H groups in total. The van der Waals surface area contributed by atoms with Gasteiger partial charge in [-0.2, -0.15) is 5.10 Å². The number of ether oxygens (including phenoxy) is 1. The van der Waals surface area contributed by atoms with Crippen molar-refractivity contribution in [1.29, 1.82) is 0 Å². The Labute approximate surface area is 192 Å². The fraction of sp³-hybridized carbons (Fsp3) is 0.522. The quantitative estimate of drug-likeness (QED) is 0.468. The zero-order valence-corrected chi connectivity index (χ0v) is 18.9. The largest absolute Gasteiger partial charge is 0.447 e. The van der Waals surface area contributed by atoms with Gasteiger partial charge in [0.2, 0.25) is 5.91 Å². The lowest BCUT2D eigenvalue weighted by atomic mass is 9.95. The number of amides is 2. The second-order valence-electron chi connectivity index (χ2n) is 8.75. The molecule has 0 radical (unpaired) electrons. The smallest absolute Gasteiger partial charge is 0.410 e. The Morgan fingerprint density at radius 1 is 1.24 bits per heavy atom. The Morgan fingerprint density at radius 2 is 1.94 bits per heavy atom. The van der Waals surface area contributed by atoms with Crippen molar-refractivity contribution in [3.05, 3.63) is 46.6 Å². The van der Waals surface area contributed by atoms with Gasteiger partial charge in [-0.3, -0.25) is 24.5 Å². The van der Waals surface area contributed by atoms with Gasteiger partial charge >= 0.3 is 6.09 Å². The summed E-state index contributed by atoms with van der Waals surface area (Å²) in [4.78, 5) is 39.2. The summed E-state index contributed by atoms with van der Waals surface area (Å²) in [6.07, 6.45) is 3.96. The standard InChI is InChI=1S/C23H29N5O5/c1-3-16(2)21-15-33-23(30)27(21)18-8-11-25(12-9-18)22(29)14-26-13-10-20(24-26)17-4-6-19(7-5-17)28(31)32/h4-7,10,13,16,18,21H,3,8-9,11-12,14-15H2,1-2H3. The SMILES string of the molecule is CCC(C)C1COC(=O)N1C1CCN(C(=O)Cn2ccc(-c3ccc([N+](=O)[O-])cc3)n2)CC1. The number of hydrogen-bond donors (Lipinski definition) is 0.